The number of hydrogen-bond acceptors (Lipinski definition) is 2. The third-order valence-electron chi connectivity index (χ3n) is 3.17. The zero-order valence-electron chi connectivity index (χ0n) is 11.0. The number of aliphatic hydroxyl groups excluding tert-OH is 1. The van der Waals surface area contributed by atoms with Crippen LogP contribution in [0.3, 0.4) is 0 Å². The van der Waals surface area contributed by atoms with Crippen molar-refractivity contribution in [2.45, 2.75) is 13.0 Å². The van der Waals surface area contributed by atoms with E-state index < -0.39 is 6.10 Å². The van der Waals surface area contributed by atoms with Crippen LogP contribution in [0.25, 0.3) is 0 Å². The Balaban J connectivity index is 2.51. The fourth-order valence-corrected chi connectivity index (χ4v) is 2.89. The van der Waals surface area contributed by atoms with E-state index in [1.165, 1.54) is 7.11 Å². The predicted octanol–water partition coefficient (Wildman–Crippen LogP) is 5.15. The van der Waals surface area contributed by atoms with Gasteiger partial charge < -0.3 is 9.84 Å². The number of rotatable bonds is 3. The average molecular weight is 376 g/mol. The van der Waals surface area contributed by atoms with Crippen LogP contribution in [0.5, 0.6) is 5.75 Å². The number of ether oxygens (including phenoxy) is 1. The van der Waals surface area contributed by atoms with Gasteiger partial charge in [0, 0.05) is 16.1 Å². The highest BCUT2D eigenvalue weighted by Crippen LogP contribution is 2.37. The Hall–Kier alpha value is -0.740. The van der Waals surface area contributed by atoms with Crippen LogP contribution in [0.2, 0.25) is 10.0 Å². The molecule has 0 spiro atoms. The topological polar surface area (TPSA) is 29.5 Å². The normalized spacial score (nSPS) is 12.3. The summed E-state index contributed by atoms with van der Waals surface area (Å²) in [6, 6.07) is 8.89. The second-order valence-electron chi connectivity index (χ2n) is 4.36. The number of aliphatic hydroxyl groups is 1. The molecular formula is C15H13BrCl2O2. The molecule has 0 radical (unpaired) electrons. The van der Waals surface area contributed by atoms with E-state index in [9.17, 15) is 5.11 Å². The second-order valence-corrected chi connectivity index (χ2v) is 6.03. The van der Waals surface area contributed by atoms with Gasteiger partial charge in [-0.05, 0) is 30.2 Å². The predicted molar refractivity (Wildman–Crippen MR) is 86.0 cm³/mol. The summed E-state index contributed by atoms with van der Waals surface area (Å²) in [7, 11) is 1.52. The molecule has 0 saturated heterocycles. The summed E-state index contributed by atoms with van der Waals surface area (Å²) in [5.41, 5.74) is 2.30. The molecule has 0 saturated carbocycles. The van der Waals surface area contributed by atoms with Gasteiger partial charge in [0.2, 0.25) is 0 Å². The summed E-state index contributed by atoms with van der Waals surface area (Å²) in [5, 5.41) is 11.4. The van der Waals surface area contributed by atoms with Crippen molar-refractivity contribution < 1.29 is 9.84 Å². The molecule has 0 aromatic heterocycles. The molecule has 2 nitrogen and oxygen atoms in total. The lowest BCUT2D eigenvalue weighted by atomic mass is 9.97. The molecule has 1 atom stereocenters. The molecule has 0 fully saturated rings. The maximum Gasteiger partial charge on any atom is 0.138 e. The molecule has 0 aliphatic carbocycles. The quantitative estimate of drug-likeness (QED) is 0.803. The summed E-state index contributed by atoms with van der Waals surface area (Å²) in [6.07, 6.45) is -0.844. The zero-order chi connectivity index (χ0) is 14.9. The fourth-order valence-electron chi connectivity index (χ4n) is 2.00. The van der Waals surface area contributed by atoms with E-state index in [1.807, 2.05) is 25.1 Å². The van der Waals surface area contributed by atoms with Crippen molar-refractivity contribution in [3.05, 3.63) is 61.5 Å². The van der Waals surface area contributed by atoms with Crippen molar-refractivity contribution >= 4 is 39.1 Å². The Morgan fingerprint density at radius 2 is 1.85 bits per heavy atom. The minimum Gasteiger partial charge on any atom is -0.495 e. The van der Waals surface area contributed by atoms with Crippen molar-refractivity contribution in [3.8, 4) is 5.75 Å². The van der Waals surface area contributed by atoms with Gasteiger partial charge in [0.25, 0.3) is 0 Å². The van der Waals surface area contributed by atoms with Crippen molar-refractivity contribution in [3.63, 3.8) is 0 Å². The van der Waals surface area contributed by atoms with E-state index in [0.29, 0.717) is 21.4 Å². The lowest BCUT2D eigenvalue weighted by molar-refractivity contribution is 0.219. The molecule has 5 heteroatoms. The van der Waals surface area contributed by atoms with Gasteiger partial charge in [-0.2, -0.15) is 0 Å². The maximum absolute atomic E-state index is 10.6. The van der Waals surface area contributed by atoms with Gasteiger partial charge in [0.05, 0.1) is 17.2 Å². The highest BCUT2D eigenvalue weighted by molar-refractivity contribution is 9.10. The molecule has 0 amide bonds. The van der Waals surface area contributed by atoms with E-state index in [4.69, 9.17) is 27.9 Å². The maximum atomic E-state index is 10.6. The SMILES string of the molecule is COc1cc(Cl)c(C(O)c2cccc(Br)c2C)cc1Cl. The average Bonchev–Trinajstić information content (AvgIpc) is 2.43. The molecule has 0 heterocycles. The Kier molecular flexibility index (Phi) is 4.97. The van der Waals surface area contributed by atoms with Crippen LogP contribution in [0.1, 0.15) is 22.8 Å². The molecule has 106 valence electrons. The van der Waals surface area contributed by atoms with E-state index in [2.05, 4.69) is 15.9 Å². The van der Waals surface area contributed by atoms with Gasteiger partial charge >= 0.3 is 0 Å². The van der Waals surface area contributed by atoms with E-state index >= 15 is 0 Å². The van der Waals surface area contributed by atoms with Crippen LogP contribution in [0.15, 0.2) is 34.8 Å². The van der Waals surface area contributed by atoms with Gasteiger partial charge in [0.15, 0.2) is 0 Å². The van der Waals surface area contributed by atoms with Gasteiger partial charge in [0.1, 0.15) is 11.9 Å². The summed E-state index contributed by atoms with van der Waals surface area (Å²) in [6.45, 7) is 1.93. The fraction of sp³-hybridized carbons (Fsp3) is 0.200. The lowest BCUT2D eigenvalue weighted by Crippen LogP contribution is -2.03. The molecule has 20 heavy (non-hydrogen) atoms. The highest BCUT2D eigenvalue weighted by atomic mass is 79.9. The van der Waals surface area contributed by atoms with Gasteiger partial charge in [-0.3, -0.25) is 0 Å². The Labute approximate surface area is 136 Å². The first-order valence-electron chi connectivity index (χ1n) is 5.91. The molecule has 1 N–H and O–H groups in total. The molecule has 1 unspecified atom stereocenters. The van der Waals surface area contributed by atoms with E-state index in [-0.39, 0.29) is 0 Å². The summed E-state index contributed by atoms with van der Waals surface area (Å²) >= 11 is 15.8. The first-order valence-corrected chi connectivity index (χ1v) is 7.46. The summed E-state index contributed by atoms with van der Waals surface area (Å²) in [5.74, 6) is 0.485. The van der Waals surface area contributed by atoms with Crippen molar-refractivity contribution in [1.29, 1.82) is 0 Å². The number of methoxy groups -OCH3 is 1. The van der Waals surface area contributed by atoms with Crippen molar-refractivity contribution in [2.24, 2.45) is 0 Å². The van der Waals surface area contributed by atoms with Crippen LogP contribution in [0, 0.1) is 6.92 Å². The van der Waals surface area contributed by atoms with Crippen molar-refractivity contribution in [2.75, 3.05) is 7.11 Å². The monoisotopic (exact) mass is 374 g/mol. The van der Waals surface area contributed by atoms with Crippen LogP contribution in [0.4, 0.5) is 0 Å². The van der Waals surface area contributed by atoms with Gasteiger partial charge in [-0.15, -0.1) is 0 Å². The smallest absolute Gasteiger partial charge is 0.138 e. The number of halogens is 3. The van der Waals surface area contributed by atoms with Crippen LogP contribution in [-0.4, -0.2) is 12.2 Å². The van der Waals surface area contributed by atoms with Gasteiger partial charge in [-0.1, -0.05) is 51.3 Å². The van der Waals surface area contributed by atoms with Crippen LogP contribution < -0.4 is 4.74 Å². The van der Waals surface area contributed by atoms with Crippen LogP contribution in [-0.2, 0) is 0 Å². The lowest BCUT2D eigenvalue weighted by Gasteiger charge is -2.17. The molecule has 2 aromatic rings. The third-order valence-corrected chi connectivity index (χ3v) is 4.65. The molecule has 0 aliphatic rings. The molecule has 0 aliphatic heterocycles. The minimum absolute atomic E-state index is 0.415. The molecule has 0 bridgehead atoms. The first-order chi connectivity index (χ1) is 9.45. The Morgan fingerprint density at radius 1 is 1.15 bits per heavy atom. The summed E-state index contributed by atoms with van der Waals surface area (Å²) < 4.78 is 6.04. The molecule has 2 rings (SSSR count). The largest absolute Gasteiger partial charge is 0.495 e. The number of benzene rings is 2. The minimum atomic E-state index is -0.844. The Bertz CT molecular complexity index is 644. The third kappa shape index (κ3) is 2.96. The number of hydrogen-bond donors (Lipinski definition) is 1. The first kappa shape index (κ1) is 15.6. The highest BCUT2D eigenvalue weighted by Gasteiger charge is 2.19. The molecule has 2 aromatic carbocycles. The Morgan fingerprint density at radius 3 is 2.50 bits per heavy atom. The van der Waals surface area contributed by atoms with Crippen molar-refractivity contribution in [1.82, 2.24) is 0 Å². The summed E-state index contributed by atoms with van der Waals surface area (Å²) in [4.78, 5) is 0. The second kappa shape index (κ2) is 6.35. The van der Waals surface area contributed by atoms with Gasteiger partial charge in [-0.25, -0.2) is 0 Å². The molecular weight excluding hydrogens is 363 g/mol. The zero-order valence-corrected chi connectivity index (χ0v) is 14.1. The van der Waals surface area contributed by atoms with Crippen LogP contribution >= 0.6 is 39.1 Å². The standard InChI is InChI=1S/C15H13BrCl2O2/c1-8-9(4-3-5-11(8)16)15(19)10-6-13(18)14(20-2)7-12(10)17/h3-7,15,19H,1-2H3. The van der Waals surface area contributed by atoms with E-state index in [0.717, 1.165) is 15.6 Å². The van der Waals surface area contributed by atoms with E-state index in [1.54, 1.807) is 12.1 Å².